The highest BCUT2D eigenvalue weighted by Crippen LogP contribution is 2.39. The highest BCUT2D eigenvalue weighted by atomic mass is 32.1. The normalized spacial score (nSPS) is 10.9. The van der Waals surface area contributed by atoms with Crippen LogP contribution >= 0.6 is 11.3 Å². The van der Waals surface area contributed by atoms with Crippen LogP contribution in [0.5, 0.6) is 17.2 Å². The minimum atomic E-state index is 0.711. The van der Waals surface area contributed by atoms with Crippen molar-refractivity contribution in [2.45, 2.75) is 13.1 Å². The van der Waals surface area contributed by atoms with Crippen LogP contribution in [0.1, 0.15) is 11.3 Å². The Hall–Kier alpha value is -2.57. The fourth-order valence-electron chi connectivity index (χ4n) is 2.93. The fraction of sp³-hybridized carbons (Fsp3) is 0.286. The van der Waals surface area contributed by atoms with Crippen molar-refractivity contribution in [1.82, 2.24) is 9.88 Å². The van der Waals surface area contributed by atoms with Crippen molar-refractivity contribution in [1.29, 1.82) is 0 Å². The van der Waals surface area contributed by atoms with E-state index in [1.807, 2.05) is 30.3 Å². The van der Waals surface area contributed by atoms with Gasteiger partial charge in [-0.3, -0.25) is 4.90 Å². The number of hydrogen-bond acceptors (Lipinski definition) is 6. The molecule has 0 fully saturated rings. The summed E-state index contributed by atoms with van der Waals surface area (Å²) >= 11 is 1.61. The number of ether oxygens (including phenoxy) is 3. The fourth-order valence-corrected chi connectivity index (χ4v) is 3.77. The Bertz CT molecular complexity index is 877. The number of hydrogen-bond donors (Lipinski definition) is 0. The van der Waals surface area contributed by atoms with Gasteiger partial charge in [0.1, 0.15) is 10.8 Å². The summed E-state index contributed by atoms with van der Waals surface area (Å²) in [5, 5.41) is 3.03. The molecule has 0 saturated carbocycles. The molecular formula is C21H24N2O3S. The first kappa shape index (κ1) is 19.2. The number of nitrogens with zero attached hydrogens (tertiary/aromatic N) is 2. The monoisotopic (exact) mass is 384 g/mol. The molecule has 0 aliphatic heterocycles. The van der Waals surface area contributed by atoms with Crippen LogP contribution in [0.25, 0.3) is 10.6 Å². The Balaban J connectivity index is 1.70. The summed E-state index contributed by atoms with van der Waals surface area (Å²) in [7, 11) is 7.06. The second-order valence-corrected chi connectivity index (χ2v) is 7.06. The Morgan fingerprint density at radius 1 is 0.926 bits per heavy atom. The molecule has 5 nitrogen and oxygen atoms in total. The zero-order chi connectivity index (χ0) is 19.2. The van der Waals surface area contributed by atoms with E-state index in [9.17, 15) is 0 Å². The molecular weight excluding hydrogens is 360 g/mol. The van der Waals surface area contributed by atoms with Crippen LogP contribution in [0.2, 0.25) is 0 Å². The van der Waals surface area contributed by atoms with E-state index in [-0.39, 0.29) is 0 Å². The van der Waals surface area contributed by atoms with Crippen molar-refractivity contribution in [3.8, 4) is 27.8 Å². The molecule has 3 rings (SSSR count). The molecule has 142 valence electrons. The zero-order valence-corrected chi connectivity index (χ0v) is 16.9. The molecule has 6 heteroatoms. The molecule has 0 spiro atoms. The highest BCUT2D eigenvalue weighted by Gasteiger charge is 2.15. The first-order chi connectivity index (χ1) is 13.1. The van der Waals surface area contributed by atoms with Crippen LogP contribution in [0.4, 0.5) is 0 Å². The van der Waals surface area contributed by atoms with Crippen LogP contribution in [0, 0.1) is 0 Å². The van der Waals surface area contributed by atoms with Gasteiger partial charge >= 0.3 is 0 Å². The maximum absolute atomic E-state index is 5.53. The van der Waals surface area contributed by atoms with Crippen molar-refractivity contribution < 1.29 is 14.2 Å². The summed E-state index contributed by atoms with van der Waals surface area (Å²) in [6, 6.07) is 14.0. The second kappa shape index (κ2) is 8.88. The van der Waals surface area contributed by atoms with Crippen LogP contribution in [0.15, 0.2) is 47.8 Å². The smallest absolute Gasteiger partial charge is 0.170 e. The largest absolute Gasteiger partial charge is 0.497 e. The van der Waals surface area contributed by atoms with Gasteiger partial charge in [0.05, 0.1) is 32.6 Å². The summed E-state index contributed by atoms with van der Waals surface area (Å²) in [5.74, 6) is 2.30. The number of rotatable bonds is 8. The third-order valence-corrected chi connectivity index (χ3v) is 5.15. The lowest BCUT2D eigenvalue weighted by atomic mass is 10.2. The summed E-state index contributed by atoms with van der Waals surface area (Å²) < 4.78 is 16.1. The van der Waals surface area contributed by atoms with Gasteiger partial charge in [-0.05, 0) is 36.9 Å². The number of thiazole rings is 1. The van der Waals surface area contributed by atoms with Crippen LogP contribution < -0.4 is 14.2 Å². The molecule has 0 saturated heterocycles. The molecule has 1 aromatic heterocycles. The minimum Gasteiger partial charge on any atom is -0.497 e. The highest BCUT2D eigenvalue weighted by molar-refractivity contribution is 7.13. The predicted molar refractivity (Wildman–Crippen MR) is 109 cm³/mol. The van der Waals surface area contributed by atoms with Crippen molar-refractivity contribution >= 4 is 11.3 Å². The van der Waals surface area contributed by atoms with Crippen molar-refractivity contribution in [3.63, 3.8) is 0 Å². The average Bonchev–Trinajstić information content (AvgIpc) is 3.15. The standard InChI is InChI=1S/C21H24N2O3S/c1-23(12-15-8-10-17(24-2)11-9-15)13-16-14-27-21(22-16)18-6-5-7-19(25-3)20(18)26-4/h5-11,14H,12-13H2,1-4H3. The zero-order valence-electron chi connectivity index (χ0n) is 16.1. The number of benzene rings is 2. The average molecular weight is 385 g/mol. The lowest BCUT2D eigenvalue weighted by molar-refractivity contribution is 0.315. The molecule has 0 bridgehead atoms. The molecule has 0 radical (unpaired) electrons. The van der Waals surface area contributed by atoms with Crippen molar-refractivity contribution in [2.75, 3.05) is 28.4 Å². The summed E-state index contributed by atoms with van der Waals surface area (Å²) in [4.78, 5) is 7.03. The van der Waals surface area contributed by atoms with Gasteiger partial charge in [0.15, 0.2) is 11.5 Å². The first-order valence-corrected chi connectivity index (χ1v) is 9.49. The number of methoxy groups -OCH3 is 3. The molecule has 0 aliphatic carbocycles. The van der Waals surface area contributed by atoms with Gasteiger partial charge in [0, 0.05) is 18.5 Å². The van der Waals surface area contributed by atoms with E-state index in [4.69, 9.17) is 19.2 Å². The Kier molecular flexibility index (Phi) is 6.32. The van der Waals surface area contributed by atoms with Gasteiger partial charge in [-0.25, -0.2) is 4.98 Å². The number of aromatic nitrogens is 1. The van der Waals surface area contributed by atoms with Gasteiger partial charge in [-0.15, -0.1) is 11.3 Å². The van der Waals surface area contributed by atoms with Gasteiger partial charge in [-0.2, -0.15) is 0 Å². The van der Waals surface area contributed by atoms with E-state index in [1.54, 1.807) is 32.7 Å². The molecule has 0 atom stereocenters. The number of para-hydroxylation sites is 1. The Labute approximate surface area is 164 Å². The topological polar surface area (TPSA) is 43.8 Å². The van der Waals surface area contributed by atoms with Gasteiger partial charge in [-0.1, -0.05) is 18.2 Å². The quantitative estimate of drug-likeness (QED) is 0.573. The first-order valence-electron chi connectivity index (χ1n) is 8.61. The van der Waals surface area contributed by atoms with Gasteiger partial charge < -0.3 is 14.2 Å². The molecule has 0 unspecified atom stereocenters. The van der Waals surface area contributed by atoms with Crippen molar-refractivity contribution in [3.05, 3.63) is 59.1 Å². The molecule has 0 amide bonds. The van der Waals surface area contributed by atoms with E-state index >= 15 is 0 Å². The molecule has 0 aliphatic rings. The van der Waals surface area contributed by atoms with E-state index in [0.29, 0.717) is 11.5 Å². The van der Waals surface area contributed by atoms with E-state index in [0.717, 1.165) is 35.1 Å². The SMILES string of the molecule is COc1ccc(CN(C)Cc2csc(-c3cccc(OC)c3OC)n2)cc1. The summed E-state index contributed by atoms with van der Waals surface area (Å²) in [6.07, 6.45) is 0. The second-order valence-electron chi connectivity index (χ2n) is 6.21. The predicted octanol–water partition coefficient (Wildman–Crippen LogP) is 4.47. The van der Waals surface area contributed by atoms with Crippen LogP contribution in [-0.2, 0) is 13.1 Å². The lowest BCUT2D eigenvalue weighted by Crippen LogP contribution is -2.17. The molecule has 0 N–H and O–H groups in total. The molecule has 2 aromatic carbocycles. The molecule has 1 heterocycles. The third-order valence-electron chi connectivity index (χ3n) is 4.23. The van der Waals surface area contributed by atoms with Crippen LogP contribution in [0.3, 0.4) is 0 Å². The Morgan fingerprint density at radius 2 is 1.70 bits per heavy atom. The Morgan fingerprint density at radius 3 is 2.37 bits per heavy atom. The van der Waals surface area contributed by atoms with E-state index < -0.39 is 0 Å². The minimum absolute atomic E-state index is 0.711. The molecule has 27 heavy (non-hydrogen) atoms. The van der Waals surface area contributed by atoms with Gasteiger partial charge in [0.2, 0.25) is 0 Å². The third kappa shape index (κ3) is 4.59. The van der Waals surface area contributed by atoms with E-state index in [1.165, 1.54) is 5.56 Å². The van der Waals surface area contributed by atoms with Crippen LogP contribution in [-0.4, -0.2) is 38.3 Å². The lowest BCUT2D eigenvalue weighted by Gasteiger charge is -2.15. The van der Waals surface area contributed by atoms with Crippen molar-refractivity contribution in [2.24, 2.45) is 0 Å². The summed E-state index contributed by atoms with van der Waals surface area (Å²) in [6.45, 7) is 1.62. The van der Waals surface area contributed by atoms with Gasteiger partial charge in [0.25, 0.3) is 0 Å². The molecule has 3 aromatic rings. The van der Waals surface area contributed by atoms with E-state index in [2.05, 4.69) is 29.5 Å². The maximum atomic E-state index is 5.53. The summed E-state index contributed by atoms with van der Waals surface area (Å²) in [5.41, 5.74) is 3.23. The maximum Gasteiger partial charge on any atom is 0.170 e.